The van der Waals surface area contributed by atoms with Gasteiger partial charge in [-0.1, -0.05) is 36.4 Å². The van der Waals surface area contributed by atoms with Crippen molar-refractivity contribution in [3.05, 3.63) is 59.7 Å². The molecule has 118 valence electrons. The van der Waals surface area contributed by atoms with Crippen molar-refractivity contribution in [3.63, 3.8) is 0 Å². The largest absolute Gasteiger partial charge is 0.305 e. The van der Waals surface area contributed by atoms with Gasteiger partial charge in [0.05, 0.1) is 11.6 Å². The van der Waals surface area contributed by atoms with Crippen LogP contribution in [0.5, 0.6) is 0 Å². The smallest absolute Gasteiger partial charge is 0.0991 e. The molecule has 0 spiro atoms. The highest BCUT2D eigenvalue weighted by atomic mass is 15.2. The summed E-state index contributed by atoms with van der Waals surface area (Å²) in [4.78, 5) is 4.80. The van der Waals surface area contributed by atoms with E-state index in [0.29, 0.717) is 6.04 Å². The van der Waals surface area contributed by atoms with E-state index in [1.54, 1.807) is 0 Å². The van der Waals surface area contributed by atoms with Crippen molar-refractivity contribution in [2.24, 2.45) is 0 Å². The van der Waals surface area contributed by atoms with Crippen molar-refractivity contribution in [3.8, 4) is 17.2 Å². The molecule has 0 radical (unpaired) electrons. The van der Waals surface area contributed by atoms with Crippen LogP contribution in [0, 0.1) is 11.3 Å². The van der Waals surface area contributed by atoms with E-state index in [1.165, 1.54) is 23.1 Å². The molecule has 1 heterocycles. The molecule has 1 aliphatic heterocycles. The number of likely N-dealkylation sites (N-methyl/N-ethyl adjacent to an activating group) is 1. The molecule has 1 unspecified atom stereocenters. The van der Waals surface area contributed by atoms with E-state index in [4.69, 9.17) is 0 Å². The Bertz CT molecular complexity index is 701. The molecule has 23 heavy (non-hydrogen) atoms. The summed E-state index contributed by atoms with van der Waals surface area (Å²) >= 11 is 0. The first-order chi connectivity index (χ1) is 11.2. The summed E-state index contributed by atoms with van der Waals surface area (Å²) < 4.78 is 0. The Labute approximate surface area is 138 Å². The zero-order chi connectivity index (χ0) is 16.2. The van der Waals surface area contributed by atoms with Crippen LogP contribution in [0.25, 0.3) is 11.1 Å². The van der Waals surface area contributed by atoms with Crippen LogP contribution in [0.15, 0.2) is 48.5 Å². The van der Waals surface area contributed by atoms with Gasteiger partial charge in [-0.3, -0.25) is 4.90 Å². The summed E-state index contributed by atoms with van der Waals surface area (Å²) in [6, 6.07) is 19.4. The van der Waals surface area contributed by atoms with Gasteiger partial charge in [0, 0.05) is 25.7 Å². The van der Waals surface area contributed by atoms with Crippen molar-refractivity contribution in [1.82, 2.24) is 9.80 Å². The third-order valence-corrected chi connectivity index (χ3v) is 4.69. The summed E-state index contributed by atoms with van der Waals surface area (Å²) in [6.45, 7) is 3.12. The molecule has 3 heteroatoms. The van der Waals surface area contributed by atoms with Crippen molar-refractivity contribution < 1.29 is 0 Å². The van der Waals surface area contributed by atoms with Gasteiger partial charge in [0.2, 0.25) is 0 Å². The van der Waals surface area contributed by atoms with E-state index < -0.39 is 0 Å². The Kier molecular flexibility index (Phi) is 4.76. The zero-order valence-electron chi connectivity index (χ0n) is 13.9. The van der Waals surface area contributed by atoms with Crippen molar-refractivity contribution in [1.29, 1.82) is 5.26 Å². The summed E-state index contributed by atoms with van der Waals surface area (Å²) in [6.07, 6.45) is 1.21. The Morgan fingerprint density at radius 1 is 1.17 bits per heavy atom. The number of benzene rings is 2. The average Bonchev–Trinajstić information content (AvgIpc) is 3.04. The first kappa shape index (κ1) is 15.7. The molecule has 2 aromatic carbocycles. The molecular formula is C20H23N3. The third kappa shape index (κ3) is 3.61. The predicted molar refractivity (Wildman–Crippen MR) is 94.0 cm³/mol. The summed E-state index contributed by atoms with van der Waals surface area (Å²) in [5.41, 5.74) is 4.44. The van der Waals surface area contributed by atoms with E-state index in [2.05, 4.69) is 60.3 Å². The van der Waals surface area contributed by atoms with E-state index in [1.807, 2.05) is 18.2 Å². The summed E-state index contributed by atoms with van der Waals surface area (Å²) in [5, 5.41) is 9.23. The minimum absolute atomic E-state index is 0.634. The highest BCUT2D eigenvalue weighted by molar-refractivity contribution is 5.68. The van der Waals surface area contributed by atoms with Gasteiger partial charge < -0.3 is 4.90 Å². The highest BCUT2D eigenvalue weighted by Gasteiger charge is 2.24. The molecule has 1 aliphatic rings. The van der Waals surface area contributed by atoms with E-state index >= 15 is 0 Å². The Balaban J connectivity index is 1.87. The standard InChI is InChI=1S/C20H23N3/c1-22(2)19-10-11-23(15-19)14-18-12-16(13-21)8-9-20(18)17-6-4-3-5-7-17/h3-9,12,19H,10-11,14-15H2,1-2H3. The molecule has 0 N–H and O–H groups in total. The lowest BCUT2D eigenvalue weighted by Gasteiger charge is -2.21. The number of likely N-dealkylation sites (tertiary alicyclic amines) is 1. The minimum Gasteiger partial charge on any atom is -0.305 e. The number of nitrogens with zero attached hydrogens (tertiary/aromatic N) is 3. The van der Waals surface area contributed by atoms with Gasteiger partial charge in [-0.05, 0) is 49.3 Å². The van der Waals surface area contributed by atoms with Crippen LogP contribution in [0.4, 0.5) is 0 Å². The molecule has 0 amide bonds. The molecule has 0 bridgehead atoms. The lowest BCUT2D eigenvalue weighted by atomic mass is 9.97. The molecule has 1 atom stereocenters. The molecule has 3 nitrogen and oxygen atoms in total. The maximum absolute atomic E-state index is 9.23. The van der Waals surface area contributed by atoms with Gasteiger partial charge in [0.1, 0.15) is 0 Å². The fourth-order valence-corrected chi connectivity index (χ4v) is 3.31. The van der Waals surface area contributed by atoms with Crippen LogP contribution in [0.1, 0.15) is 17.5 Å². The Morgan fingerprint density at radius 2 is 1.96 bits per heavy atom. The average molecular weight is 305 g/mol. The molecule has 1 saturated heterocycles. The molecule has 0 aliphatic carbocycles. The monoisotopic (exact) mass is 305 g/mol. The lowest BCUT2D eigenvalue weighted by molar-refractivity contribution is 0.265. The van der Waals surface area contributed by atoms with E-state index in [9.17, 15) is 5.26 Å². The first-order valence-corrected chi connectivity index (χ1v) is 8.14. The third-order valence-electron chi connectivity index (χ3n) is 4.69. The van der Waals surface area contributed by atoms with Crippen molar-refractivity contribution in [2.75, 3.05) is 27.2 Å². The first-order valence-electron chi connectivity index (χ1n) is 8.14. The normalized spacial score (nSPS) is 18.3. The molecular weight excluding hydrogens is 282 g/mol. The van der Waals surface area contributed by atoms with Crippen LogP contribution in [0.2, 0.25) is 0 Å². The molecule has 1 fully saturated rings. The van der Waals surface area contributed by atoms with Crippen LogP contribution in [-0.4, -0.2) is 43.0 Å². The van der Waals surface area contributed by atoms with Gasteiger partial charge in [-0.15, -0.1) is 0 Å². The maximum atomic E-state index is 9.23. The molecule has 2 aromatic rings. The van der Waals surface area contributed by atoms with Crippen LogP contribution < -0.4 is 0 Å². The maximum Gasteiger partial charge on any atom is 0.0991 e. The van der Waals surface area contributed by atoms with Crippen molar-refractivity contribution in [2.45, 2.75) is 19.0 Å². The summed E-state index contributed by atoms with van der Waals surface area (Å²) in [7, 11) is 4.31. The van der Waals surface area contributed by atoms with E-state index in [0.717, 1.165) is 25.2 Å². The van der Waals surface area contributed by atoms with E-state index in [-0.39, 0.29) is 0 Å². The zero-order valence-corrected chi connectivity index (χ0v) is 13.9. The second-order valence-corrected chi connectivity index (χ2v) is 6.49. The van der Waals surface area contributed by atoms with Gasteiger partial charge >= 0.3 is 0 Å². The van der Waals surface area contributed by atoms with Crippen molar-refractivity contribution >= 4 is 0 Å². The number of hydrogen-bond acceptors (Lipinski definition) is 3. The van der Waals surface area contributed by atoms with Gasteiger partial charge in [0.15, 0.2) is 0 Å². The molecule has 0 aromatic heterocycles. The number of nitriles is 1. The molecule has 3 rings (SSSR count). The van der Waals surface area contributed by atoms with Gasteiger partial charge in [-0.25, -0.2) is 0 Å². The fourth-order valence-electron chi connectivity index (χ4n) is 3.31. The van der Waals surface area contributed by atoms with Gasteiger partial charge in [-0.2, -0.15) is 5.26 Å². The Morgan fingerprint density at radius 3 is 2.61 bits per heavy atom. The van der Waals surface area contributed by atoms with Gasteiger partial charge in [0.25, 0.3) is 0 Å². The predicted octanol–water partition coefficient (Wildman–Crippen LogP) is 3.36. The highest BCUT2D eigenvalue weighted by Crippen LogP contribution is 2.27. The molecule has 0 saturated carbocycles. The minimum atomic E-state index is 0.634. The second kappa shape index (κ2) is 6.95. The van der Waals surface area contributed by atoms with Crippen LogP contribution in [0.3, 0.4) is 0 Å². The Hall–Kier alpha value is -2.15. The number of rotatable bonds is 4. The van der Waals surface area contributed by atoms with Crippen LogP contribution >= 0.6 is 0 Å². The quantitative estimate of drug-likeness (QED) is 0.867. The SMILES string of the molecule is CN(C)C1CCN(Cc2cc(C#N)ccc2-c2ccccc2)C1. The number of hydrogen-bond donors (Lipinski definition) is 0. The lowest BCUT2D eigenvalue weighted by Crippen LogP contribution is -2.31. The topological polar surface area (TPSA) is 30.3 Å². The fraction of sp³-hybridized carbons (Fsp3) is 0.350. The second-order valence-electron chi connectivity index (χ2n) is 6.49. The summed E-state index contributed by atoms with van der Waals surface area (Å²) in [5.74, 6) is 0. The van der Waals surface area contributed by atoms with Crippen LogP contribution in [-0.2, 0) is 6.54 Å².